The lowest BCUT2D eigenvalue weighted by Crippen LogP contribution is -2.20. The number of ether oxygens (including phenoxy) is 2. The van der Waals surface area contributed by atoms with Gasteiger partial charge in [-0.2, -0.15) is 0 Å². The molecule has 0 aromatic rings. The van der Waals surface area contributed by atoms with E-state index in [0.29, 0.717) is 18.1 Å². The lowest BCUT2D eigenvalue weighted by molar-refractivity contribution is 0.0761. The largest absolute Gasteiger partial charge is 0.501 e. The van der Waals surface area contributed by atoms with E-state index in [1.165, 1.54) is 19.3 Å². The van der Waals surface area contributed by atoms with Gasteiger partial charge >= 0.3 is 0 Å². The van der Waals surface area contributed by atoms with Crippen LogP contribution < -0.4 is 0 Å². The zero-order valence-electron chi connectivity index (χ0n) is 7.53. The van der Waals surface area contributed by atoms with Crippen molar-refractivity contribution in [2.75, 3.05) is 6.61 Å². The summed E-state index contributed by atoms with van der Waals surface area (Å²) < 4.78 is 11.1. The molecule has 0 amide bonds. The van der Waals surface area contributed by atoms with E-state index < -0.39 is 0 Å². The van der Waals surface area contributed by atoms with Crippen LogP contribution in [0.25, 0.3) is 0 Å². The minimum Gasteiger partial charge on any atom is -0.501 e. The molecule has 0 N–H and O–H groups in total. The normalized spacial score (nSPS) is 39.6. The summed E-state index contributed by atoms with van der Waals surface area (Å²) in [4.78, 5) is 0. The van der Waals surface area contributed by atoms with Crippen molar-refractivity contribution in [1.82, 2.24) is 0 Å². The van der Waals surface area contributed by atoms with Gasteiger partial charge in [0.1, 0.15) is 0 Å². The molecule has 12 heavy (non-hydrogen) atoms. The van der Waals surface area contributed by atoms with Gasteiger partial charge in [0.15, 0.2) is 0 Å². The first-order valence-electron chi connectivity index (χ1n) is 4.78. The van der Waals surface area contributed by atoms with E-state index in [1.54, 1.807) is 6.26 Å². The predicted molar refractivity (Wildman–Crippen MR) is 46.8 cm³/mol. The fourth-order valence-electron chi connectivity index (χ4n) is 2.19. The minimum absolute atomic E-state index is 0.500. The zero-order chi connectivity index (χ0) is 8.39. The van der Waals surface area contributed by atoms with E-state index in [-0.39, 0.29) is 0 Å². The van der Waals surface area contributed by atoms with Crippen LogP contribution in [0.4, 0.5) is 0 Å². The fourth-order valence-corrected chi connectivity index (χ4v) is 2.19. The molecule has 2 aliphatic rings. The molecule has 0 aromatic carbocycles. The first kappa shape index (κ1) is 8.11. The van der Waals surface area contributed by atoms with Crippen LogP contribution in [0.1, 0.15) is 26.2 Å². The molecule has 2 aliphatic heterocycles. The lowest BCUT2D eigenvalue weighted by atomic mass is 9.90. The standard InChI is InChI=1S/C10H16O2/c1-2-5-11-7-8-6-9-3-4-10(8)12-9/h2,5,8-10H,3-4,6-7H2,1H3/b5-2+. The van der Waals surface area contributed by atoms with Crippen molar-refractivity contribution in [3.05, 3.63) is 12.3 Å². The van der Waals surface area contributed by atoms with Crippen molar-refractivity contribution in [1.29, 1.82) is 0 Å². The molecule has 0 radical (unpaired) electrons. The molecule has 2 heterocycles. The summed E-state index contributed by atoms with van der Waals surface area (Å²) in [6.45, 7) is 2.81. The van der Waals surface area contributed by atoms with Crippen molar-refractivity contribution in [3.63, 3.8) is 0 Å². The highest BCUT2D eigenvalue weighted by molar-refractivity contribution is 4.89. The molecule has 2 nitrogen and oxygen atoms in total. The van der Waals surface area contributed by atoms with Crippen LogP contribution in [-0.4, -0.2) is 18.8 Å². The van der Waals surface area contributed by atoms with Crippen LogP contribution in [-0.2, 0) is 9.47 Å². The van der Waals surface area contributed by atoms with Gasteiger partial charge in [0, 0.05) is 5.92 Å². The van der Waals surface area contributed by atoms with Crippen LogP contribution in [0, 0.1) is 5.92 Å². The van der Waals surface area contributed by atoms with Gasteiger partial charge in [-0.1, -0.05) is 6.08 Å². The van der Waals surface area contributed by atoms with Gasteiger partial charge in [-0.15, -0.1) is 0 Å². The maximum Gasteiger partial charge on any atom is 0.0927 e. The van der Waals surface area contributed by atoms with E-state index in [4.69, 9.17) is 9.47 Å². The summed E-state index contributed by atoms with van der Waals surface area (Å²) in [5.41, 5.74) is 0. The van der Waals surface area contributed by atoms with E-state index >= 15 is 0 Å². The summed E-state index contributed by atoms with van der Waals surface area (Å²) in [5.74, 6) is 0.653. The molecular weight excluding hydrogens is 152 g/mol. The van der Waals surface area contributed by atoms with Crippen LogP contribution in [0.3, 0.4) is 0 Å². The summed E-state index contributed by atoms with van der Waals surface area (Å²) >= 11 is 0. The van der Waals surface area contributed by atoms with Crippen LogP contribution in [0.15, 0.2) is 12.3 Å². The van der Waals surface area contributed by atoms with Crippen molar-refractivity contribution in [2.45, 2.75) is 38.4 Å². The molecule has 2 bridgehead atoms. The Hall–Kier alpha value is -0.500. The minimum atomic E-state index is 0.500. The molecule has 2 saturated heterocycles. The Kier molecular flexibility index (Phi) is 2.35. The highest BCUT2D eigenvalue weighted by Gasteiger charge is 2.40. The van der Waals surface area contributed by atoms with Gasteiger partial charge in [0.2, 0.25) is 0 Å². The van der Waals surface area contributed by atoms with Crippen molar-refractivity contribution in [2.24, 2.45) is 5.92 Å². The molecule has 3 unspecified atom stereocenters. The molecule has 2 heteroatoms. The molecule has 3 atom stereocenters. The average molecular weight is 168 g/mol. The second-order valence-electron chi connectivity index (χ2n) is 3.67. The summed E-state index contributed by atoms with van der Waals surface area (Å²) in [5, 5.41) is 0. The average Bonchev–Trinajstić information content (AvgIpc) is 2.65. The third-order valence-corrected chi connectivity index (χ3v) is 2.77. The van der Waals surface area contributed by atoms with Gasteiger partial charge in [0.25, 0.3) is 0 Å². The Morgan fingerprint density at radius 1 is 1.50 bits per heavy atom. The van der Waals surface area contributed by atoms with E-state index in [1.807, 2.05) is 13.0 Å². The number of rotatable bonds is 3. The number of hydrogen-bond donors (Lipinski definition) is 0. The second kappa shape index (κ2) is 3.48. The van der Waals surface area contributed by atoms with Gasteiger partial charge in [-0.05, 0) is 26.2 Å². The summed E-state index contributed by atoms with van der Waals surface area (Å²) in [6, 6.07) is 0. The molecule has 0 aromatic heterocycles. The molecule has 2 rings (SSSR count). The highest BCUT2D eigenvalue weighted by Crippen LogP contribution is 2.38. The SMILES string of the molecule is C/C=C/OCC1CC2CCC1O2. The summed E-state index contributed by atoms with van der Waals surface area (Å²) in [7, 11) is 0. The quantitative estimate of drug-likeness (QED) is 0.601. The second-order valence-corrected chi connectivity index (χ2v) is 3.67. The van der Waals surface area contributed by atoms with Crippen LogP contribution >= 0.6 is 0 Å². The zero-order valence-corrected chi connectivity index (χ0v) is 7.53. The smallest absolute Gasteiger partial charge is 0.0927 e. The number of hydrogen-bond acceptors (Lipinski definition) is 2. The van der Waals surface area contributed by atoms with E-state index in [2.05, 4.69) is 0 Å². The van der Waals surface area contributed by atoms with Crippen molar-refractivity contribution >= 4 is 0 Å². The Morgan fingerprint density at radius 3 is 3.00 bits per heavy atom. The van der Waals surface area contributed by atoms with Gasteiger partial charge in [0.05, 0.1) is 25.1 Å². The van der Waals surface area contributed by atoms with Gasteiger partial charge in [-0.3, -0.25) is 0 Å². The maximum absolute atomic E-state index is 5.71. The molecule has 0 aliphatic carbocycles. The maximum atomic E-state index is 5.71. The van der Waals surface area contributed by atoms with Gasteiger partial charge < -0.3 is 9.47 Å². The first-order chi connectivity index (χ1) is 5.90. The van der Waals surface area contributed by atoms with Gasteiger partial charge in [-0.25, -0.2) is 0 Å². The van der Waals surface area contributed by atoms with E-state index in [0.717, 1.165) is 6.61 Å². The Bertz CT molecular complexity index is 177. The lowest BCUT2D eigenvalue weighted by Gasteiger charge is -2.17. The van der Waals surface area contributed by atoms with Crippen molar-refractivity contribution in [3.8, 4) is 0 Å². The Balaban J connectivity index is 1.75. The number of allylic oxidation sites excluding steroid dienone is 1. The third kappa shape index (κ3) is 1.48. The molecule has 0 saturated carbocycles. The highest BCUT2D eigenvalue weighted by atomic mass is 16.5. The third-order valence-electron chi connectivity index (χ3n) is 2.77. The fraction of sp³-hybridized carbons (Fsp3) is 0.800. The van der Waals surface area contributed by atoms with Crippen LogP contribution in [0.2, 0.25) is 0 Å². The van der Waals surface area contributed by atoms with E-state index in [9.17, 15) is 0 Å². The Morgan fingerprint density at radius 2 is 2.42 bits per heavy atom. The molecule has 68 valence electrons. The molecule has 2 fully saturated rings. The van der Waals surface area contributed by atoms with Crippen molar-refractivity contribution < 1.29 is 9.47 Å². The number of fused-ring (bicyclic) bond motifs is 2. The monoisotopic (exact) mass is 168 g/mol. The molecule has 0 spiro atoms. The Labute approximate surface area is 73.5 Å². The topological polar surface area (TPSA) is 18.5 Å². The molecular formula is C10H16O2. The van der Waals surface area contributed by atoms with Crippen LogP contribution in [0.5, 0.6) is 0 Å². The summed E-state index contributed by atoms with van der Waals surface area (Å²) in [6.07, 6.45) is 8.47. The first-order valence-corrected chi connectivity index (χ1v) is 4.78. The predicted octanol–water partition coefficient (Wildman–Crippen LogP) is 2.10.